The maximum atomic E-state index is 2.26. The Bertz CT molecular complexity index is 75.8. The second-order valence-electron chi connectivity index (χ2n) is 1.67. The van der Waals surface area contributed by atoms with E-state index in [-0.39, 0.29) is 21.7 Å². The van der Waals surface area contributed by atoms with Crippen LogP contribution in [0, 0.1) is 0 Å². The van der Waals surface area contributed by atoms with Crippen LogP contribution in [0.1, 0.15) is 0 Å². The van der Waals surface area contributed by atoms with Gasteiger partial charge >= 0.3 is 0 Å². The molecule has 9 heavy (non-hydrogen) atoms. The van der Waals surface area contributed by atoms with E-state index in [1.807, 2.05) is 30.3 Å². The second-order valence-corrected chi connectivity index (χ2v) is 3.08. The van der Waals surface area contributed by atoms with Gasteiger partial charge in [-0.15, -0.1) is 11.6 Å². The Labute approximate surface area is 78.6 Å². The molecule has 0 aliphatic carbocycles. The smallest absolute Gasteiger partial charge is 0.214 e. The number of hydrogen-bond donors (Lipinski definition) is 0. The van der Waals surface area contributed by atoms with Crippen LogP contribution in [0.15, 0.2) is 30.3 Å². The molecule has 1 rings (SSSR count). The summed E-state index contributed by atoms with van der Waals surface area (Å²) in [5.41, 5.74) is 0. The molecule has 0 heterocycles. The van der Waals surface area contributed by atoms with E-state index < -0.39 is 0 Å². The second kappa shape index (κ2) is 11.4. The van der Waals surface area contributed by atoms with E-state index in [0.29, 0.717) is 15.2 Å². The summed E-state index contributed by atoms with van der Waals surface area (Å²) in [6.07, 6.45) is 0. The minimum atomic E-state index is 0. The summed E-state index contributed by atoms with van der Waals surface area (Å²) in [4.78, 5) is 0. The van der Waals surface area contributed by atoms with Crippen LogP contribution in [0.5, 0.6) is 0 Å². The van der Waals surface area contributed by atoms with Gasteiger partial charge in [0.2, 0.25) is 15.2 Å². The van der Waals surface area contributed by atoms with Crippen molar-refractivity contribution in [2.75, 3.05) is 0 Å². The average molecular weight is 171 g/mol. The first-order valence-electron chi connectivity index (χ1n) is 3.08. The zero-order valence-corrected chi connectivity index (χ0v) is 9.07. The van der Waals surface area contributed by atoms with Crippen molar-refractivity contribution in [2.24, 2.45) is 0 Å². The van der Waals surface area contributed by atoms with Crippen LogP contribution in [-0.2, 0) is 21.7 Å². The molecule has 0 saturated carbocycles. The van der Waals surface area contributed by atoms with Gasteiger partial charge < -0.3 is 0 Å². The minimum absolute atomic E-state index is 0. The van der Waals surface area contributed by atoms with E-state index >= 15 is 0 Å². The van der Waals surface area contributed by atoms with Gasteiger partial charge in [-0.25, -0.2) is 12.1 Å². The fraction of sp³-hybridized carbons (Fsp3) is 0.286. The van der Waals surface area contributed by atoms with Crippen LogP contribution >= 0.6 is 0 Å². The fourth-order valence-electron chi connectivity index (χ4n) is 0.321. The van der Waals surface area contributed by atoms with Gasteiger partial charge in [-0.3, -0.25) is 0 Å². The summed E-state index contributed by atoms with van der Waals surface area (Å²) in [6, 6.07) is 10.0. The van der Waals surface area contributed by atoms with Crippen molar-refractivity contribution in [1.82, 2.24) is 0 Å². The Balaban J connectivity index is 0. The van der Waals surface area contributed by atoms with E-state index in [2.05, 4.69) is 11.6 Å². The maximum absolute atomic E-state index is 2.26. The summed E-state index contributed by atoms with van der Waals surface area (Å²) in [7, 11) is 0. The van der Waals surface area contributed by atoms with E-state index in [4.69, 9.17) is 0 Å². The van der Waals surface area contributed by atoms with E-state index in [1.165, 1.54) is 0 Å². The summed E-state index contributed by atoms with van der Waals surface area (Å²) in [5, 5.41) is 0. The van der Waals surface area contributed by atoms with Gasteiger partial charge in [0.15, 0.2) is 0 Å². The Morgan fingerprint density at radius 3 is 1.56 bits per heavy atom. The SMILES string of the molecule is [CH3][AlH][CH3].[Ti].c1cc[cH-]c1. The molecule has 0 nitrogen and oxygen atoms in total. The first-order chi connectivity index (χ1) is 3.91. The van der Waals surface area contributed by atoms with Crippen LogP contribution in [-0.4, -0.2) is 15.2 Å². The van der Waals surface area contributed by atoms with Crippen molar-refractivity contribution in [3.8, 4) is 0 Å². The first kappa shape index (κ1) is 12.3. The molecule has 0 unspecified atom stereocenters. The topological polar surface area (TPSA) is 0 Å². The van der Waals surface area contributed by atoms with Crippen molar-refractivity contribution in [3.05, 3.63) is 30.3 Å². The van der Waals surface area contributed by atoms with E-state index in [1.54, 1.807) is 0 Å². The molecule has 0 atom stereocenters. The Morgan fingerprint density at radius 2 is 1.44 bits per heavy atom. The van der Waals surface area contributed by atoms with E-state index in [0.717, 1.165) is 0 Å². The minimum Gasteiger partial charge on any atom is -0.214 e. The van der Waals surface area contributed by atoms with Crippen molar-refractivity contribution in [1.29, 1.82) is 0 Å². The molecule has 0 aromatic heterocycles. The molecule has 0 radical (unpaired) electrons. The van der Waals surface area contributed by atoms with Gasteiger partial charge in [0.05, 0.1) is 0 Å². The molecule has 0 N–H and O–H groups in total. The Morgan fingerprint density at radius 1 is 1.11 bits per heavy atom. The van der Waals surface area contributed by atoms with Crippen molar-refractivity contribution < 1.29 is 21.7 Å². The summed E-state index contributed by atoms with van der Waals surface area (Å²) < 4.78 is 0. The Hall–Kier alpha value is 0.597. The first-order valence-corrected chi connectivity index (χ1v) is 5.91. The molecule has 2 heteroatoms. The predicted molar refractivity (Wildman–Crippen MR) is 40.9 cm³/mol. The monoisotopic (exact) mass is 171 g/mol. The molecule has 0 spiro atoms. The zero-order chi connectivity index (χ0) is 6.24. The maximum Gasteiger partial charge on any atom is 0.229 e. The molecule has 0 fully saturated rings. The zero-order valence-electron chi connectivity index (χ0n) is 6.09. The molecular weight excluding hydrogens is 159 g/mol. The average Bonchev–Trinajstić information content (AvgIpc) is 2.17. The molecule has 1 aromatic rings. The third-order valence-electron chi connectivity index (χ3n) is 0.556. The third kappa shape index (κ3) is 11.9. The van der Waals surface area contributed by atoms with Crippen LogP contribution in [0.2, 0.25) is 11.6 Å². The van der Waals surface area contributed by atoms with Gasteiger partial charge in [0.1, 0.15) is 0 Å². The number of hydrogen-bond acceptors (Lipinski definition) is 0. The van der Waals surface area contributed by atoms with Gasteiger partial charge in [0, 0.05) is 21.7 Å². The molecule has 1 aromatic carbocycles. The van der Waals surface area contributed by atoms with Crippen LogP contribution in [0.4, 0.5) is 0 Å². The van der Waals surface area contributed by atoms with Crippen LogP contribution < -0.4 is 0 Å². The van der Waals surface area contributed by atoms with Gasteiger partial charge in [-0.2, -0.15) is 18.2 Å². The number of rotatable bonds is 0. The van der Waals surface area contributed by atoms with Gasteiger partial charge in [0.25, 0.3) is 0 Å². The van der Waals surface area contributed by atoms with Gasteiger partial charge in [-0.1, -0.05) is 0 Å². The molecule has 0 amide bonds. The van der Waals surface area contributed by atoms with Gasteiger partial charge in [-0.05, 0) is 0 Å². The molecule has 0 aliphatic heterocycles. The molecule has 48 valence electrons. The van der Waals surface area contributed by atoms with Crippen molar-refractivity contribution in [3.63, 3.8) is 0 Å². The van der Waals surface area contributed by atoms with Crippen LogP contribution in [0.3, 0.4) is 0 Å². The Kier molecular flexibility index (Phi) is 15.6. The van der Waals surface area contributed by atoms with Crippen molar-refractivity contribution >= 4 is 15.2 Å². The van der Waals surface area contributed by atoms with Crippen LogP contribution in [0.25, 0.3) is 0 Å². The molecule has 0 aliphatic rings. The third-order valence-corrected chi connectivity index (χ3v) is 0.556. The van der Waals surface area contributed by atoms with E-state index in [9.17, 15) is 0 Å². The standard InChI is InChI=1S/C5H5.2CH3.Al.Ti.H/c1-2-4-5-3-1;;;;;/h1-5H;2*1H3;;;/q-1;;;;;. The molecule has 0 saturated heterocycles. The summed E-state index contributed by atoms with van der Waals surface area (Å²) in [6.45, 7) is 0. The molecule has 0 bridgehead atoms. The largest absolute Gasteiger partial charge is 0.229 e. The fourth-order valence-corrected chi connectivity index (χ4v) is 0.321. The quantitative estimate of drug-likeness (QED) is 0.413. The predicted octanol–water partition coefficient (Wildman–Crippen LogP) is 1.92. The summed E-state index contributed by atoms with van der Waals surface area (Å²) in [5.74, 6) is 4.53. The molecular formula is C7H12AlTi-. The normalized spacial score (nSPS) is 6.00. The van der Waals surface area contributed by atoms with Crippen molar-refractivity contribution in [2.45, 2.75) is 11.6 Å². The summed E-state index contributed by atoms with van der Waals surface area (Å²) >= 11 is 0.417.